The van der Waals surface area contributed by atoms with Crippen LogP contribution < -0.4 is 10.1 Å². The summed E-state index contributed by atoms with van der Waals surface area (Å²) in [5, 5.41) is 12.5. The van der Waals surface area contributed by atoms with Gasteiger partial charge in [-0.05, 0) is 38.1 Å². The van der Waals surface area contributed by atoms with E-state index in [0.717, 1.165) is 11.3 Å². The Balaban J connectivity index is 1.99. The minimum atomic E-state index is -1.01. The van der Waals surface area contributed by atoms with Gasteiger partial charge in [-0.25, -0.2) is 9.78 Å². The third-order valence-electron chi connectivity index (χ3n) is 3.40. The Labute approximate surface area is 149 Å². The molecule has 1 unspecified atom stereocenters. The molecule has 134 valence electrons. The predicted molar refractivity (Wildman–Crippen MR) is 93.5 cm³/mol. The summed E-state index contributed by atoms with van der Waals surface area (Å²) in [6.45, 7) is 4.34. The molecule has 1 atom stereocenters. The van der Waals surface area contributed by atoms with Crippen molar-refractivity contribution in [2.45, 2.75) is 19.9 Å². The number of carbonyl (C=O) groups excluding carboxylic acids is 1. The van der Waals surface area contributed by atoms with E-state index in [2.05, 4.69) is 10.3 Å². The van der Waals surface area contributed by atoms with Crippen molar-refractivity contribution in [3.05, 3.63) is 45.4 Å². The second kappa shape index (κ2) is 8.59. The van der Waals surface area contributed by atoms with Gasteiger partial charge in [0.15, 0.2) is 0 Å². The second-order valence-electron chi connectivity index (χ2n) is 5.33. The summed E-state index contributed by atoms with van der Waals surface area (Å²) in [7, 11) is 1.60. The number of nitrogens with zero attached hydrogens (tertiary/aromatic N) is 1. The number of carboxylic acid groups (broad SMARTS) is 1. The average molecular weight is 364 g/mol. The summed E-state index contributed by atoms with van der Waals surface area (Å²) in [5.41, 5.74) is 0.934. The van der Waals surface area contributed by atoms with Gasteiger partial charge in [0.2, 0.25) is 0 Å². The van der Waals surface area contributed by atoms with Gasteiger partial charge in [-0.15, -0.1) is 11.3 Å². The van der Waals surface area contributed by atoms with E-state index in [1.54, 1.807) is 45.2 Å². The Morgan fingerprint density at radius 2 is 1.96 bits per heavy atom. The lowest BCUT2D eigenvalue weighted by atomic mass is 10.2. The molecule has 0 spiro atoms. The fourth-order valence-electron chi connectivity index (χ4n) is 2.09. The molecule has 0 aliphatic carbocycles. The van der Waals surface area contributed by atoms with Gasteiger partial charge in [0, 0.05) is 12.7 Å². The summed E-state index contributed by atoms with van der Waals surface area (Å²) in [6, 6.07) is 6.37. The van der Waals surface area contributed by atoms with Crippen molar-refractivity contribution in [1.29, 1.82) is 0 Å². The highest BCUT2D eigenvalue weighted by Gasteiger charge is 2.19. The van der Waals surface area contributed by atoms with E-state index < -0.39 is 5.97 Å². The highest BCUT2D eigenvalue weighted by Crippen LogP contribution is 2.24. The minimum absolute atomic E-state index is 0.189. The number of hydrogen-bond acceptors (Lipinski definition) is 6. The van der Waals surface area contributed by atoms with Gasteiger partial charge in [0.05, 0.1) is 18.3 Å². The van der Waals surface area contributed by atoms with Gasteiger partial charge >= 0.3 is 5.97 Å². The highest BCUT2D eigenvalue weighted by atomic mass is 32.1. The molecule has 0 saturated heterocycles. The van der Waals surface area contributed by atoms with Crippen LogP contribution in [0.2, 0.25) is 0 Å². The maximum Gasteiger partial charge on any atom is 0.347 e. The number of carbonyl (C=O) groups is 2. The Bertz CT molecular complexity index is 742. The number of carboxylic acids is 1. The zero-order chi connectivity index (χ0) is 18.4. The number of benzene rings is 1. The lowest BCUT2D eigenvalue weighted by Crippen LogP contribution is -2.26. The van der Waals surface area contributed by atoms with Crippen molar-refractivity contribution in [2.75, 3.05) is 20.3 Å². The number of aryl methyl sites for hydroxylation is 1. The monoisotopic (exact) mass is 364 g/mol. The number of methoxy groups -OCH3 is 1. The Hall–Kier alpha value is -2.45. The lowest BCUT2D eigenvalue weighted by Gasteiger charge is -2.12. The van der Waals surface area contributed by atoms with Crippen LogP contribution in [0.1, 0.15) is 43.7 Å². The molecule has 1 heterocycles. The van der Waals surface area contributed by atoms with Crippen molar-refractivity contribution in [1.82, 2.24) is 10.3 Å². The number of rotatable bonds is 8. The minimum Gasteiger partial charge on any atom is -0.491 e. The van der Waals surface area contributed by atoms with E-state index in [1.807, 2.05) is 0 Å². The molecule has 2 rings (SSSR count). The SMILES string of the molecule is COCCOc1ccc(C(=O)NC(C)c2nc(C)c(C(=O)O)s2)cc1. The Morgan fingerprint density at radius 3 is 2.52 bits per heavy atom. The van der Waals surface area contributed by atoms with Crippen molar-refractivity contribution in [3.63, 3.8) is 0 Å². The Kier molecular flexibility index (Phi) is 6.49. The van der Waals surface area contributed by atoms with Gasteiger partial charge in [0.1, 0.15) is 22.2 Å². The molecule has 0 saturated carbocycles. The van der Waals surface area contributed by atoms with Gasteiger partial charge in [0.25, 0.3) is 5.91 Å². The summed E-state index contributed by atoms with van der Waals surface area (Å²) >= 11 is 1.07. The molecule has 7 nitrogen and oxygen atoms in total. The lowest BCUT2D eigenvalue weighted by molar-refractivity contribution is 0.0701. The first-order valence-corrected chi connectivity index (χ1v) is 8.47. The van der Waals surface area contributed by atoms with Crippen LogP contribution in [0.5, 0.6) is 5.75 Å². The van der Waals surface area contributed by atoms with Crippen molar-refractivity contribution in [2.24, 2.45) is 0 Å². The normalized spacial score (nSPS) is 11.8. The highest BCUT2D eigenvalue weighted by molar-refractivity contribution is 7.13. The van der Waals surface area contributed by atoms with Crippen molar-refractivity contribution >= 4 is 23.2 Å². The summed E-state index contributed by atoms with van der Waals surface area (Å²) in [4.78, 5) is 27.8. The van der Waals surface area contributed by atoms with E-state index in [1.165, 1.54) is 0 Å². The number of ether oxygens (including phenoxy) is 2. The van der Waals surface area contributed by atoms with Crippen LogP contribution in [-0.4, -0.2) is 42.3 Å². The van der Waals surface area contributed by atoms with Gasteiger partial charge in [-0.2, -0.15) is 0 Å². The molecule has 0 aliphatic heterocycles. The molecule has 1 aromatic carbocycles. The van der Waals surface area contributed by atoms with Crippen molar-refractivity contribution < 1.29 is 24.2 Å². The van der Waals surface area contributed by atoms with Crippen LogP contribution in [0, 0.1) is 6.92 Å². The molecule has 1 aromatic heterocycles. The fraction of sp³-hybridized carbons (Fsp3) is 0.353. The number of amides is 1. The van der Waals surface area contributed by atoms with Crippen LogP contribution in [0.3, 0.4) is 0 Å². The standard InChI is InChI=1S/C17H20N2O5S/c1-10-14(17(21)22)25-16(19-10)11(2)18-15(20)12-4-6-13(7-5-12)24-9-8-23-3/h4-7,11H,8-9H2,1-3H3,(H,18,20)(H,21,22). The molecule has 0 aliphatic rings. The smallest absolute Gasteiger partial charge is 0.347 e. The first-order chi connectivity index (χ1) is 11.9. The van der Waals surface area contributed by atoms with Gasteiger partial charge < -0.3 is 19.9 Å². The van der Waals surface area contributed by atoms with E-state index in [0.29, 0.717) is 35.2 Å². The van der Waals surface area contributed by atoms with Crippen LogP contribution in [0.15, 0.2) is 24.3 Å². The van der Waals surface area contributed by atoms with Crippen molar-refractivity contribution in [3.8, 4) is 5.75 Å². The largest absolute Gasteiger partial charge is 0.491 e. The molecular weight excluding hydrogens is 344 g/mol. The van der Waals surface area contributed by atoms with Crippen LogP contribution in [0.4, 0.5) is 0 Å². The quantitative estimate of drug-likeness (QED) is 0.699. The zero-order valence-electron chi connectivity index (χ0n) is 14.2. The second-order valence-corrected chi connectivity index (χ2v) is 6.36. The van der Waals surface area contributed by atoms with Gasteiger partial charge in [-0.3, -0.25) is 4.79 Å². The molecule has 25 heavy (non-hydrogen) atoms. The molecular formula is C17H20N2O5S. The zero-order valence-corrected chi connectivity index (χ0v) is 15.1. The summed E-state index contributed by atoms with van der Waals surface area (Å²) in [6.07, 6.45) is 0. The molecule has 2 N–H and O–H groups in total. The third-order valence-corrected chi connectivity index (χ3v) is 4.73. The molecule has 2 aromatic rings. The predicted octanol–water partition coefficient (Wildman–Crippen LogP) is 2.67. The molecule has 0 bridgehead atoms. The number of thiazole rings is 1. The number of nitrogens with one attached hydrogen (secondary N) is 1. The molecule has 8 heteroatoms. The maximum absolute atomic E-state index is 12.3. The van der Waals surface area contributed by atoms with Crippen LogP contribution in [0.25, 0.3) is 0 Å². The number of aromatic nitrogens is 1. The molecule has 0 radical (unpaired) electrons. The average Bonchev–Trinajstić information content (AvgIpc) is 2.98. The summed E-state index contributed by atoms with van der Waals surface area (Å²) < 4.78 is 10.4. The first kappa shape index (κ1) is 18.9. The molecule has 0 fully saturated rings. The van der Waals surface area contributed by atoms with Crippen LogP contribution >= 0.6 is 11.3 Å². The van der Waals surface area contributed by atoms with E-state index in [-0.39, 0.29) is 16.8 Å². The van der Waals surface area contributed by atoms with E-state index >= 15 is 0 Å². The van der Waals surface area contributed by atoms with Crippen LogP contribution in [-0.2, 0) is 4.74 Å². The van der Waals surface area contributed by atoms with E-state index in [4.69, 9.17) is 14.6 Å². The fourth-order valence-corrected chi connectivity index (χ4v) is 3.00. The maximum atomic E-state index is 12.3. The Morgan fingerprint density at radius 1 is 1.28 bits per heavy atom. The topological polar surface area (TPSA) is 97.8 Å². The first-order valence-electron chi connectivity index (χ1n) is 7.65. The molecule has 1 amide bonds. The summed E-state index contributed by atoms with van der Waals surface area (Å²) in [5.74, 6) is -0.618. The van der Waals surface area contributed by atoms with Gasteiger partial charge in [-0.1, -0.05) is 0 Å². The third kappa shape index (κ3) is 5.01. The number of hydrogen-bond donors (Lipinski definition) is 2. The number of aromatic carboxylic acids is 1. The van der Waals surface area contributed by atoms with E-state index in [9.17, 15) is 9.59 Å².